The summed E-state index contributed by atoms with van der Waals surface area (Å²) in [5.41, 5.74) is 0. The summed E-state index contributed by atoms with van der Waals surface area (Å²) >= 11 is 0. The molecule has 0 bridgehead atoms. The number of hydrogen-bond donors (Lipinski definition) is 0. The van der Waals surface area contributed by atoms with Crippen LogP contribution < -0.4 is 0 Å². The van der Waals surface area contributed by atoms with E-state index in [-0.39, 0.29) is 31.1 Å². The number of ether oxygens (including phenoxy) is 3. The summed E-state index contributed by atoms with van der Waals surface area (Å²) in [5.74, 6) is -0.865. The van der Waals surface area contributed by atoms with Gasteiger partial charge in [0.05, 0.1) is 0 Å². The molecule has 0 aliphatic carbocycles. The van der Waals surface area contributed by atoms with Crippen LogP contribution in [0.4, 0.5) is 0 Å². The summed E-state index contributed by atoms with van der Waals surface area (Å²) in [7, 11) is 0. The molecule has 0 aromatic rings. The number of hydrogen-bond acceptors (Lipinski definition) is 6. The van der Waals surface area contributed by atoms with E-state index in [9.17, 15) is 14.4 Å². The molecule has 75 heavy (non-hydrogen) atoms. The Morgan fingerprint density at radius 2 is 0.480 bits per heavy atom. The van der Waals surface area contributed by atoms with E-state index in [2.05, 4.69) is 57.2 Å². The molecule has 0 saturated carbocycles. The first-order valence-electron chi connectivity index (χ1n) is 33.5. The van der Waals surface area contributed by atoms with Gasteiger partial charge in [0.25, 0.3) is 0 Å². The molecule has 0 saturated heterocycles. The van der Waals surface area contributed by atoms with E-state index >= 15 is 0 Å². The topological polar surface area (TPSA) is 78.9 Å². The monoisotopic (exact) mass is 1050 g/mol. The molecule has 0 fully saturated rings. The highest BCUT2D eigenvalue weighted by Crippen LogP contribution is 2.18. The smallest absolute Gasteiger partial charge is 0.306 e. The van der Waals surface area contributed by atoms with Crippen LogP contribution in [0.2, 0.25) is 0 Å². The van der Waals surface area contributed by atoms with Gasteiger partial charge in [0.2, 0.25) is 0 Å². The van der Waals surface area contributed by atoms with Crippen molar-refractivity contribution in [3.05, 3.63) is 36.5 Å². The number of esters is 3. The van der Waals surface area contributed by atoms with E-state index in [1.807, 2.05) is 0 Å². The first-order chi connectivity index (χ1) is 37.0. The molecule has 0 heterocycles. The van der Waals surface area contributed by atoms with Crippen LogP contribution >= 0.6 is 0 Å². The Labute approximate surface area is 467 Å². The highest BCUT2D eigenvalue weighted by Gasteiger charge is 2.19. The second-order valence-electron chi connectivity index (χ2n) is 22.7. The number of carbonyl (C=O) groups is 3. The fourth-order valence-corrected chi connectivity index (χ4v) is 10.1. The van der Waals surface area contributed by atoms with Crippen LogP contribution in [0.1, 0.15) is 367 Å². The molecule has 0 aliphatic rings. The van der Waals surface area contributed by atoms with E-state index in [0.717, 1.165) is 77.0 Å². The van der Waals surface area contributed by atoms with Gasteiger partial charge in [0.1, 0.15) is 13.2 Å². The van der Waals surface area contributed by atoms with E-state index in [0.29, 0.717) is 19.3 Å². The molecule has 0 N–H and O–H groups in total. The number of rotatable bonds is 62. The highest BCUT2D eigenvalue weighted by molar-refractivity contribution is 5.71. The maximum absolute atomic E-state index is 12.9. The summed E-state index contributed by atoms with van der Waals surface area (Å²) in [6, 6.07) is 0. The van der Waals surface area contributed by atoms with E-state index in [1.54, 1.807) is 0 Å². The van der Waals surface area contributed by atoms with Crippen molar-refractivity contribution in [2.45, 2.75) is 374 Å². The second-order valence-corrected chi connectivity index (χ2v) is 22.7. The first kappa shape index (κ1) is 72.6. The maximum atomic E-state index is 12.9. The van der Waals surface area contributed by atoms with Crippen LogP contribution in [0, 0.1) is 0 Å². The van der Waals surface area contributed by atoms with E-state index in [1.165, 1.54) is 250 Å². The molecule has 440 valence electrons. The third-order valence-corrected chi connectivity index (χ3v) is 15.1. The van der Waals surface area contributed by atoms with Gasteiger partial charge in [-0.15, -0.1) is 0 Å². The Balaban J connectivity index is 4.31. The van der Waals surface area contributed by atoms with Crippen molar-refractivity contribution in [3.63, 3.8) is 0 Å². The van der Waals surface area contributed by atoms with Crippen molar-refractivity contribution in [3.8, 4) is 0 Å². The molecule has 1 atom stereocenters. The van der Waals surface area contributed by atoms with Gasteiger partial charge in [-0.1, -0.05) is 308 Å². The Kier molecular flexibility index (Phi) is 62.1. The van der Waals surface area contributed by atoms with Crippen LogP contribution in [-0.2, 0) is 28.6 Å². The van der Waals surface area contributed by atoms with Crippen molar-refractivity contribution in [1.29, 1.82) is 0 Å². The van der Waals surface area contributed by atoms with Crippen molar-refractivity contribution < 1.29 is 28.6 Å². The molecule has 0 aromatic heterocycles. The zero-order valence-electron chi connectivity index (χ0n) is 50.6. The molecule has 6 nitrogen and oxygen atoms in total. The lowest BCUT2D eigenvalue weighted by Crippen LogP contribution is -2.30. The molecule has 0 amide bonds. The van der Waals surface area contributed by atoms with Crippen LogP contribution in [0.5, 0.6) is 0 Å². The first-order valence-corrected chi connectivity index (χ1v) is 33.5. The van der Waals surface area contributed by atoms with Crippen molar-refractivity contribution in [2.24, 2.45) is 0 Å². The van der Waals surface area contributed by atoms with Crippen LogP contribution in [0.25, 0.3) is 0 Å². The van der Waals surface area contributed by atoms with Gasteiger partial charge in [-0.3, -0.25) is 14.4 Å². The van der Waals surface area contributed by atoms with Crippen LogP contribution in [-0.4, -0.2) is 37.2 Å². The molecular formula is C69H128O6. The average molecular weight is 1050 g/mol. The van der Waals surface area contributed by atoms with Gasteiger partial charge < -0.3 is 14.2 Å². The SMILES string of the molecule is CCCCCC/C=C\C/C=C\CCCCCCCCCC(=O)OC(COC(=O)CCCCCCC/C=C\CCCCCCCCC)COC(=O)CCCCCCCCCCCCCCCCCCCCCCCCC. The van der Waals surface area contributed by atoms with Gasteiger partial charge in [-0.2, -0.15) is 0 Å². The summed E-state index contributed by atoms with van der Waals surface area (Å²) in [6.07, 6.45) is 78.7. The number of allylic oxidation sites excluding steroid dienone is 6. The molecule has 0 aliphatic heterocycles. The largest absolute Gasteiger partial charge is 0.462 e. The zero-order chi connectivity index (χ0) is 54.3. The summed E-state index contributed by atoms with van der Waals surface area (Å²) < 4.78 is 17.0. The molecular weight excluding hydrogens is 925 g/mol. The summed E-state index contributed by atoms with van der Waals surface area (Å²) in [5, 5.41) is 0. The lowest BCUT2D eigenvalue weighted by molar-refractivity contribution is -0.167. The minimum Gasteiger partial charge on any atom is -0.462 e. The molecule has 0 rings (SSSR count). The normalized spacial score (nSPS) is 12.2. The molecule has 0 aromatic carbocycles. The van der Waals surface area contributed by atoms with E-state index < -0.39 is 6.10 Å². The second kappa shape index (κ2) is 64.2. The Bertz CT molecular complexity index is 1250. The summed E-state index contributed by atoms with van der Waals surface area (Å²) in [6.45, 7) is 6.68. The molecule has 0 radical (unpaired) electrons. The molecule has 6 heteroatoms. The fraction of sp³-hybridized carbons (Fsp3) is 0.870. The lowest BCUT2D eigenvalue weighted by Gasteiger charge is -2.18. The molecule has 1 unspecified atom stereocenters. The Morgan fingerprint density at radius 3 is 0.760 bits per heavy atom. The third kappa shape index (κ3) is 62.4. The number of carbonyl (C=O) groups excluding carboxylic acids is 3. The predicted octanol–water partition coefficient (Wildman–Crippen LogP) is 22.8. The van der Waals surface area contributed by atoms with Crippen molar-refractivity contribution >= 4 is 17.9 Å². The zero-order valence-corrected chi connectivity index (χ0v) is 50.6. The van der Waals surface area contributed by atoms with Gasteiger partial charge in [-0.05, 0) is 77.0 Å². The fourth-order valence-electron chi connectivity index (χ4n) is 10.1. The standard InChI is InChI=1S/C69H128O6/c1-4-7-10-13-16-19-22-25-28-31-33-34-35-36-37-39-41-44-47-50-53-56-59-62-68(71)74-65-66(64-73-67(70)61-58-55-52-49-46-43-40-30-27-24-21-18-15-12-9-6-3)75-69(72)63-60-57-54-51-48-45-42-38-32-29-26-23-20-17-14-11-8-5-2/h20,23,29-30,32,40,66H,4-19,21-22,24-28,31,33-39,41-65H2,1-3H3/b23-20-,32-29-,40-30-. The van der Waals surface area contributed by atoms with Crippen molar-refractivity contribution in [2.75, 3.05) is 13.2 Å². The van der Waals surface area contributed by atoms with Gasteiger partial charge in [0.15, 0.2) is 6.10 Å². The highest BCUT2D eigenvalue weighted by atomic mass is 16.6. The Morgan fingerprint density at radius 1 is 0.267 bits per heavy atom. The minimum atomic E-state index is -0.778. The van der Waals surface area contributed by atoms with Crippen LogP contribution in [0.3, 0.4) is 0 Å². The van der Waals surface area contributed by atoms with Crippen molar-refractivity contribution in [1.82, 2.24) is 0 Å². The van der Waals surface area contributed by atoms with Gasteiger partial charge in [0, 0.05) is 19.3 Å². The third-order valence-electron chi connectivity index (χ3n) is 15.1. The van der Waals surface area contributed by atoms with Crippen LogP contribution in [0.15, 0.2) is 36.5 Å². The number of unbranched alkanes of at least 4 members (excludes halogenated alkanes) is 45. The molecule has 0 spiro atoms. The predicted molar refractivity (Wildman–Crippen MR) is 326 cm³/mol. The Hall–Kier alpha value is -2.37. The minimum absolute atomic E-state index is 0.0737. The quantitative estimate of drug-likeness (QED) is 0.0261. The van der Waals surface area contributed by atoms with E-state index in [4.69, 9.17) is 14.2 Å². The summed E-state index contributed by atoms with van der Waals surface area (Å²) in [4.78, 5) is 38.4. The van der Waals surface area contributed by atoms with Gasteiger partial charge in [-0.25, -0.2) is 0 Å². The average Bonchev–Trinajstić information content (AvgIpc) is 3.41. The lowest BCUT2D eigenvalue weighted by atomic mass is 10.0. The maximum Gasteiger partial charge on any atom is 0.306 e. The van der Waals surface area contributed by atoms with Gasteiger partial charge >= 0.3 is 17.9 Å².